The molecule has 0 amide bonds. The van der Waals surface area contributed by atoms with Crippen LogP contribution in [0.4, 0.5) is 0 Å². The summed E-state index contributed by atoms with van der Waals surface area (Å²) in [5.41, 5.74) is 1.39. The molecule has 7 heteroatoms. The number of pyridine rings is 1. The average molecular weight is 396 g/mol. The molecule has 1 unspecified atom stereocenters. The number of aliphatic imine (C=N–C) groups is 1. The van der Waals surface area contributed by atoms with Gasteiger partial charge in [0, 0.05) is 57.0 Å². The molecule has 1 aromatic carbocycles. The molecule has 2 fully saturated rings. The Kier molecular flexibility index (Phi) is 5.85. The molecular formula is C22H28N4O3. The molecule has 4 rings (SSSR count). The van der Waals surface area contributed by atoms with Crippen LogP contribution in [0.1, 0.15) is 18.4 Å². The smallest absolute Gasteiger partial charge is 0.219 e. The lowest BCUT2D eigenvalue weighted by molar-refractivity contribution is 0.156. The normalized spacial score (nSPS) is 21.6. The molecule has 2 aliphatic rings. The third-order valence-corrected chi connectivity index (χ3v) is 5.65. The van der Waals surface area contributed by atoms with Crippen molar-refractivity contribution >= 4 is 5.96 Å². The lowest BCUT2D eigenvalue weighted by Crippen LogP contribution is -2.41. The van der Waals surface area contributed by atoms with Crippen LogP contribution in [-0.4, -0.2) is 56.3 Å². The molecule has 29 heavy (non-hydrogen) atoms. The summed E-state index contributed by atoms with van der Waals surface area (Å²) in [6.45, 7) is 4.46. The quantitative estimate of drug-likeness (QED) is 0.619. The average Bonchev–Trinajstić information content (AvgIpc) is 3.40. The van der Waals surface area contributed by atoms with Crippen LogP contribution in [0.15, 0.2) is 47.6 Å². The second-order valence-corrected chi connectivity index (χ2v) is 7.66. The first kappa shape index (κ1) is 19.5. The van der Waals surface area contributed by atoms with Crippen LogP contribution >= 0.6 is 0 Å². The zero-order valence-corrected chi connectivity index (χ0v) is 17.1. The zero-order chi connectivity index (χ0) is 20.1. The van der Waals surface area contributed by atoms with Gasteiger partial charge < -0.3 is 24.4 Å². The van der Waals surface area contributed by atoms with E-state index in [9.17, 15) is 0 Å². The monoisotopic (exact) mass is 396 g/mol. The molecule has 0 radical (unpaired) electrons. The van der Waals surface area contributed by atoms with Crippen molar-refractivity contribution in [3.8, 4) is 17.4 Å². The number of guanidine groups is 1. The fourth-order valence-corrected chi connectivity index (χ4v) is 3.96. The van der Waals surface area contributed by atoms with Gasteiger partial charge in [-0.2, -0.15) is 0 Å². The molecule has 2 aliphatic heterocycles. The second-order valence-electron chi connectivity index (χ2n) is 7.66. The first-order valence-electron chi connectivity index (χ1n) is 10.00. The minimum absolute atomic E-state index is 0.318. The van der Waals surface area contributed by atoms with Crippen LogP contribution in [0.3, 0.4) is 0 Å². The Hall–Kier alpha value is -2.80. The SMILES string of the molecule is CN=C(NCc1ccc(Oc2cccc(OC)c2)nc1)N1CCC2(CCOC2)C1. The highest BCUT2D eigenvalue weighted by Crippen LogP contribution is 2.38. The zero-order valence-electron chi connectivity index (χ0n) is 17.1. The first-order valence-corrected chi connectivity index (χ1v) is 10.00. The first-order chi connectivity index (χ1) is 14.2. The van der Waals surface area contributed by atoms with E-state index in [1.54, 1.807) is 7.11 Å². The number of benzene rings is 1. The summed E-state index contributed by atoms with van der Waals surface area (Å²) in [4.78, 5) is 11.2. The summed E-state index contributed by atoms with van der Waals surface area (Å²) < 4.78 is 16.6. The maximum Gasteiger partial charge on any atom is 0.219 e. The van der Waals surface area contributed by atoms with Crippen LogP contribution in [0.25, 0.3) is 0 Å². The van der Waals surface area contributed by atoms with Crippen LogP contribution in [0, 0.1) is 5.41 Å². The summed E-state index contributed by atoms with van der Waals surface area (Å²) in [5, 5.41) is 3.46. The third kappa shape index (κ3) is 4.62. The number of rotatable bonds is 5. The van der Waals surface area contributed by atoms with E-state index in [0.29, 0.717) is 23.6 Å². The van der Waals surface area contributed by atoms with Crippen LogP contribution in [0.5, 0.6) is 17.4 Å². The predicted molar refractivity (Wildman–Crippen MR) is 112 cm³/mol. The van der Waals surface area contributed by atoms with Gasteiger partial charge in [0.25, 0.3) is 0 Å². The number of nitrogens with zero attached hydrogens (tertiary/aromatic N) is 3. The summed E-state index contributed by atoms with van der Waals surface area (Å²) in [7, 11) is 3.47. The van der Waals surface area contributed by atoms with Gasteiger partial charge >= 0.3 is 0 Å². The fourth-order valence-electron chi connectivity index (χ4n) is 3.96. The second kappa shape index (κ2) is 8.69. The molecule has 1 spiro atoms. The van der Waals surface area contributed by atoms with Gasteiger partial charge in [0.05, 0.1) is 13.7 Å². The van der Waals surface area contributed by atoms with E-state index in [4.69, 9.17) is 14.2 Å². The van der Waals surface area contributed by atoms with E-state index >= 15 is 0 Å². The Morgan fingerprint density at radius 2 is 2.17 bits per heavy atom. The Balaban J connectivity index is 1.31. The van der Waals surface area contributed by atoms with E-state index < -0.39 is 0 Å². The van der Waals surface area contributed by atoms with E-state index in [-0.39, 0.29) is 0 Å². The van der Waals surface area contributed by atoms with Crippen LogP contribution in [0.2, 0.25) is 0 Å². The lowest BCUT2D eigenvalue weighted by Gasteiger charge is -2.25. The molecule has 1 atom stereocenters. The fraction of sp³-hybridized carbons (Fsp3) is 0.455. The molecule has 0 bridgehead atoms. The third-order valence-electron chi connectivity index (χ3n) is 5.65. The Morgan fingerprint density at radius 1 is 1.28 bits per heavy atom. The number of nitrogens with one attached hydrogen (secondary N) is 1. The van der Waals surface area contributed by atoms with Gasteiger partial charge in [-0.15, -0.1) is 0 Å². The highest BCUT2D eigenvalue weighted by molar-refractivity contribution is 5.80. The van der Waals surface area contributed by atoms with Crippen molar-refractivity contribution in [1.29, 1.82) is 0 Å². The Bertz CT molecular complexity index is 847. The standard InChI is InChI=1S/C22H28N4O3/c1-23-21(26-10-8-22(15-26)9-11-28-16-22)25-14-17-6-7-20(24-13-17)29-19-5-3-4-18(12-19)27-2/h3-7,12-13H,8-11,14-16H2,1-2H3,(H,23,25). The molecule has 0 aliphatic carbocycles. The summed E-state index contributed by atoms with van der Waals surface area (Å²) in [5.74, 6) is 2.93. The van der Waals surface area contributed by atoms with E-state index in [0.717, 1.165) is 50.0 Å². The Labute approximate surface area is 171 Å². The van der Waals surface area contributed by atoms with E-state index in [1.165, 1.54) is 6.42 Å². The molecule has 2 saturated heterocycles. The van der Waals surface area contributed by atoms with Gasteiger partial charge in [0.15, 0.2) is 5.96 Å². The van der Waals surface area contributed by atoms with Crippen molar-refractivity contribution < 1.29 is 14.2 Å². The van der Waals surface area contributed by atoms with Crippen LogP contribution < -0.4 is 14.8 Å². The maximum atomic E-state index is 5.80. The number of methoxy groups -OCH3 is 1. The summed E-state index contributed by atoms with van der Waals surface area (Å²) in [6.07, 6.45) is 4.15. The van der Waals surface area contributed by atoms with Crippen molar-refractivity contribution in [2.24, 2.45) is 10.4 Å². The van der Waals surface area contributed by atoms with E-state index in [1.807, 2.05) is 49.6 Å². The van der Waals surface area contributed by atoms with Gasteiger partial charge in [-0.1, -0.05) is 12.1 Å². The van der Waals surface area contributed by atoms with Gasteiger partial charge in [-0.25, -0.2) is 4.98 Å². The number of hydrogen-bond donors (Lipinski definition) is 1. The van der Waals surface area contributed by atoms with Crippen molar-refractivity contribution in [3.05, 3.63) is 48.2 Å². The molecule has 2 aromatic rings. The number of likely N-dealkylation sites (tertiary alicyclic amines) is 1. The predicted octanol–water partition coefficient (Wildman–Crippen LogP) is 3.07. The summed E-state index contributed by atoms with van der Waals surface area (Å²) in [6, 6.07) is 11.4. The van der Waals surface area contributed by atoms with Crippen molar-refractivity contribution in [2.75, 3.05) is 40.5 Å². The topological polar surface area (TPSA) is 68.2 Å². The molecular weight excluding hydrogens is 368 g/mol. The van der Waals surface area contributed by atoms with Crippen molar-refractivity contribution in [3.63, 3.8) is 0 Å². The van der Waals surface area contributed by atoms with Gasteiger partial charge in [-0.05, 0) is 30.5 Å². The largest absolute Gasteiger partial charge is 0.497 e. The van der Waals surface area contributed by atoms with Gasteiger partial charge in [-0.3, -0.25) is 4.99 Å². The highest BCUT2D eigenvalue weighted by Gasteiger charge is 2.42. The number of hydrogen-bond acceptors (Lipinski definition) is 5. The van der Waals surface area contributed by atoms with Crippen molar-refractivity contribution in [1.82, 2.24) is 15.2 Å². The van der Waals surface area contributed by atoms with Crippen molar-refractivity contribution in [2.45, 2.75) is 19.4 Å². The minimum atomic E-state index is 0.318. The molecule has 3 heterocycles. The van der Waals surface area contributed by atoms with E-state index in [2.05, 4.69) is 20.2 Å². The molecule has 1 aromatic heterocycles. The highest BCUT2D eigenvalue weighted by atomic mass is 16.5. The Morgan fingerprint density at radius 3 is 2.90 bits per heavy atom. The number of ether oxygens (including phenoxy) is 3. The summed E-state index contributed by atoms with van der Waals surface area (Å²) >= 11 is 0. The van der Waals surface area contributed by atoms with Crippen LogP contribution in [-0.2, 0) is 11.3 Å². The lowest BCUT2D eigenvalue weighted by atomic mass is 9.87. The maximum absolute atomic E-state index is 5.80. The molecule has 154 valence electrons. The van der Waals surface area contributed by atoms with Gasteiger partial charge in [0.2, 0.25) is 5.88 Å². The molecule has 1 N–H and O–H groups in total. The minimum Gasteiger partial charge on any atom is -0.497 e. The molecule has 0 saturated carbocycles. The number of aromatic nitrogens is 1. The molecule has 7 nitrogen and oxygen atoms in total. The van der Waals surface area contributed by atoms with Gasteiger partial charge in [0.1, 0.15) is 11.5 Å².